The third-order valence-electron chi connectivity index (χ3n) is 7.82. The Labute approximate surface area is 215 Å². The van der Waals surface area contributed by atoms with Gasteiger partial charge in [-0.3, -0.25) is 9.48 Å². The Hall–Kier alpha value is -2.89. The molecule has 37 heavy (non-hydrogen) atoms. The molecule has 2 fully saturated rings. The van der Waals surface area contributed by atoms with Crippen molar-refractivity contribution in [2.24, 2.45) is 11.1 Å². The average molecular weight is 523 g/mol. The molecule has 0 bridgehead atoms. The van der Waals surface area contributed by atoms with Crippen molar-refractivity contribution in [1.82, 2.24) is 24.6 Å². The van der Waals surface area contributed by atoms with E-state index in [0.29, 0.717) is 24.6 Å². The van der Waals surface area contributed by atoms with Crippen molar-refractivity contribution in [3.63, 3.8) is 0 Å². The molecule has 1 amide bonds. The number of rotatable bonds is 10. The maximum absolute atomic E-state index is 13.6. The highest BCUT2D eigenvalue weighted by molar-refractivity contribution is 5.81. The lowest BCUT2D eigenvalue weighted by molar-refractivity contribution is -0.137. The van der Waals surface area contributed by atoms with E-state index in [4.69, 9.17) is 5.73 Å². The summed E-state index contributed by atoms with van der Waals surface area (Å²) in [6, 6.07) is 0.786. The van der Waals surface area contributed by atoms with Crippen LogP contribution in [0.15, 0.2) is 12.4 Å². The largest absolute Gasteiger partial charge is 0.421 e. The van der Waals surface area contributed by atoms with Gasteiger partial charge in [0.05, 0.1) is 17.4 Å². The highest BCUT2D eigenvalue weighted by Gasteiger charge is 2.42. The SMILES string of the molecule is Cc1nn(C2CCN(C(C)C)CC2)cc1Nc1ncc(C(F)(F)F)c(NCCCC2(C(N)=O)CCC2)n1. The zero-order valence-electron chi connectivity index (χ0n) is 21.7. The minimum Gasteiger partial charge on any atom is -0.369 e. The van der Waals surface area contributed by atoms with Gasteiger partial charge in [-0.15, -0.1) is 0 Å². The number of hydrogen-bond acceptors (Lipinski definition) is 7. The van der Waals surface area contributed by atoms with Gasteiger partial charge >= 0.3 is 6.18 Å². The van der Waals surface area contributed by atoms with Gasteiger partial charge in [-0.1, -0.05) is 6.42 Å². The Kier molecular flexibility index (Phi) is 7.96. The van der Waals surface area contributed by atoms with Crippen molar-refractivity contribution in [1.29, 1.82) is 0 Å². The van der Waals surface area contributed by atoms with E-state index in [0.717, 1.165) is 57.1 Å². The van der Waals surface area contributed by atoms with E-state index in [1.165, 1.54) is 0 Å². The molecule has 3 heterocycles. The molecule has 204 valence electrons. The van der Waals surface area contributed by atoms with Crippen LogP contribution in [0.25, 0.3) is 0 Å². The van der Waals surface area contributed by atoms with Crippen LogP contribution in [0.5, 0.6) is 0 Å². The number of likely N-dealkylation sites (tertiary alicyclic amines) is 1. The number of amides is 1. The first-order valence-electron chi connectivity index (χ1n) is 13.0. The van der Waals surface area contributed by atoms with Crippen LogP contribution >= 0.6 is 0 Å². The number of carbonyl (C=O) groups excluding carboxylic acids is 1. The van der Waals surface area contributed by atoms with Gasteiger partial charge in [0.2, 0.25) is 11.9 Å². The van der Waals surface area contributed by atoms with Crippen molar-refractivity contribution < 1.29 is 18.0 Å². The number of hydrogen-bond donors (Lipinski definition) is 3. The number of nitrogens with zero attached hydrogens (tertiary/aromatic N) is 5. The molecular formula is C25H37F3N8O. The second-order valence-corrected chi connectivity index (χ2v) is 10.6. The van der Waals surface area contributed by atoms with E-state index < -0.39 is 17.2 Å². The van der Waals surface area contributed by atoms with Gasteiger partial charge in [0.15, 0.2) is 0 Å². The number of anilines is 3. The highest BCUT2D eigenvalue weighted by atomic mass is 19.4. The predicted molar refractivity (Wildman–Crippen MR) is 135 cm³/mol. The summed E-state index contributed by atoms with van der Waals surface area (Å²) in [6.45, 7) is 8.48. The minimum absolute atomic E-state index is 0.0559. The van der Waals surface area contributed by atoms with E-state index in [1.54, 1.807) is 0 Å². The van der Waals surface area contributed by atoms with Crippen molar-refractivity contribution in [2.45, 2.75) is 84.0 Å². The van der Waals surface area contributed by atoms with Gasteiger partial charge in [-0.25, -0.2) is 4.98 Å². The van der Waals surface area contributed by atoms with Gasteiger partial charge in [-0.05, 0) is 59.3 Å². The smallest absolute Gasteiger partial charge is 0.369 e. The molecule has 0 unspecified atom stereocenters. The first kappa shape index (κ1) is 27.2. The number of halogens is 3. The van der Waals surface area contributed by atoms with Gasteiger partial charge < -0.3 is 21.3 Å². The van der Waals surface area contributed by atoms with Crippen molar-refractivity contribution in [3.05, 3.63) is 23.7 Å². The fraction of sp³-hybridized carbons (Fsp3) is 0.680. The first-order chi connectivity index (χ1) is 17.5. The summed E-state index contributed by atoms with van der Waals surface area (Å²) in [5, 5.41) is 10.5. The molecule has 0 radical (unpaired) electrons. The molecule has 0 spiro atoms. The second kappa shape index (κ2) is 10.8. The summed E-state index contributed by atoms with van der Waals surface area (Å²) in [5.74, 6) is -0.567. The molecule has 4 N–H and O–H groups in total. The summed E-state index contributed by atoms with van der Waals surface area (Å²) in [6.07, 6.45) is 3.51. The highest BCUT2D eigenvalue weighted by Crippen LogP contribution is 2.44. The van der Waals surface area contributed by atoms with Crippen LogP contribution in [0.3, 0.4) is 0 Å². The molecule has 1 saturated heterocycles. The third-order valence-corrected chi connectivity index (χ3v) is 7.82. The van der Waals surface area contributed by atoms with Crippen LogP contribution < -0.4 is 16.4 Å². The van der Waals surface area contributed by atoms with E-state index in [1.807, 2.05) is 17.8 Å². The van der Waals surface area contributed by atoms with E-state index in [-0.39, 0.29) is 30.3 Å². The zero-order chi connectivity index (χ0) is 26.8. The fourth-order valence-electron chi connectivity index (χ4n) is 5.22. The predicted octanol–water partition coefficient (Wildman–Crippen LogP) is 4.64. The summed E-state index contributed by atoms with van der Waals surface area (Å²) >= 11 is 0. The van der Waals surface area contributed by atoms with Crippen molar-refractivity contribution in [3.8, 4) is 0 Å². The number of primary amides is 1. The Morgan fingerprint density at radius 1 is 1.27 bits per heavy atom. The summed E-state index contributed by atoms with van der Waals surface area (Å²) in [4.78, 5) is 22.3. The van der Waals surface area contributed by atoms with E-state index in [9.17, 15) is 18.0 Å². The molecule has 4 rings (SSSR count). The number of carbonyl (C=O) groups is 1. The molecule has 1 aliphatic heterocycles. The molecule has 1 saturated carbocycles. The lowest BCUT2D eigenvalue weighted by Crippen LogP contribution is -2.42. The second-order valence-electron chi connectivity index (χ2n) is 10.6. The fourth-order valence-corrected chi connectivity index (χ4v) is 5.22. The average Bonchev–Trinajstić information content (AvgIpc) is 3.17. The van der Waals surface area contributed by atoms with Gasteiger partial charge in [0.1, 0.15) is 11.4 Å². The van der Waals surface area contributed by atoms with Crippen molar-refractivity contribution in [2.75, 3.05) is 30.3 Å². The standard InChI is InChI=1S/C25H37F3N8O/c1-16(2)35-12-6-18(7-13-35)36-15-20(17(3)34-36)32-23-31-14-19(25(26,27)28)21(33-23)30-11-5-10-24(22(29)37)8-4-9-24/h14-16,18H,4-13H2,1-3H3,(H2,29,37)(H2,30,31,32,33). The normalized spacial score (nSPS) is 18.6. The lowest BCUT2D eigenvalue weighted by Gasteiger charge is -2.38. The van der Waals surface area contributed by atoms with Gasteiger partial charge in [0.25, 0.3) is 0 Å². The molecule has 0 aromatic carbocycles. The maximum atomic E-state index is 13.6. The molecule has 2 aromatic heterocycles. The van der Waals surface area contributed by atoms with Crippen LogP contribution in [-0.4, -0.2) is 56.2 Å². The number of nitrogens with one attached hydrogen (secondary N) is 2. The first-order valence-corrected chi connectivity index (χ1v) is 13.0. The van der Waals surface area contributed by atoms with Crippen LogP contribution in [0, 0.1) is 12.3 Å². The Bertz CT molecular complexity index is 1090. The van der Waals surface area contributed by atoms with Crippen LogP contribution in [0.1, 0.15) is 76.1 Å². The van der Waals surface area contributed by atoms with Crippen LogP contribution in [0.2, 0.25) is 0 Å². The molecular weight excluding hydrogens is 485 g/mol. The Morgan fingerprint density at radius 3 is 2.54 bits per heavy atom. The van der Waals surface area contributed by atoms with Crippen LogP contribution in [-0.2, 0) is 11.0 Å². The molecule has 9 nitrogen and oxygen atoms in total. The minimum atomic E-state index is -4.60. The van der Waals surface area contributed by atoms with Gasteiger partial charge in [-0.2, -0.15) is 23.3 Å². The summed E-state index contributed by atoms with van der Waals surface area (Å²) in [5.41, 5.74) is 5.46. The lowest BCUT2D eigenvalue weighted by atomic mass is 9.65. The Morgan fingerprint density at radius 2 is 1.97 bits per heavy atom. The molecule has 2 aromatic rings. The molecule has 12 heteroatoms. The quantitative estimate of drug-likeness (QED) is 0.390. The summed E-state index contributed by atoms with van der Waals surface area (Å²) in [7, 11) is 0. The van der Waals surface area contributed by atoms with E-state index in [2.05, 4.69) is 44.4 Å². The number of alkyl halides is 3. The maximum Gasteiger partial charge on any atom is 0.421 e. The zero-order valence-corrected chi connectivity index (χ0v) is 21.7. The molecule has 0 atom stereocenters. The molecule has 2 aliphatic rings. The van der Waals surface area contributed by atoms with Gasteiger partial charge in [0, 0.05) is 43.5 Å². The monoisotopic (exact) mass is 522 g/mol. The number of nitrogens with two attached hydrogens (primary N) is 1. The third kappa shape index (κ3) is 6.16. The summed E-state index contributed by atoms with van der Waals surface area (Å²) < 4.78 is 42.8. The van der Waals surface area contributed by atoms with Crippen LogP contribution in [0.4, 0.5) is 30.6 Å². The Balaban J connectivity index is 1.42. The number of piperidine rings is 1. The van der Waals surface area contributed by atoms with Crippen molar-refractivity contribution >= 4 is 23.4 Å². The van der Waals surface area contributed by atoms with E-state index >= 15 is 0 Å². The number of aryl methyl sites for hydroxylation is 1. The number of aromatic nitrogens is 4. The topological polar surface area (TPSA) is 114 Å². The molecule has 1 aliphatic carbocycles.